The van der Waals surface area contributed by atoms with Crippen LogP contribution in [0.15, 0.2) is 47.6 Å². The normalized spacial score (nSPS) is 10.6. The Labute approximate surface area is 123 Å². The lowest BCUT2D eigenvalue weighted by atomic mass is 10.2. The van der Waals surface area contributed by atoms with Gasteiger partial charge in [0.1, 0.15) is 5.56 Å². The predicted octanol–water partition coefficient (Wildman–Crippen LogP) is 2.64. The van der Waals surface area contributed by atoms with Crippen LogP contribution in [0, 0.1) is 21.7 Å². The summed E-state index contributed by atoms with van der Waals surface area (Å²) in [4.78, 5) is 21.9. The third-order valence-corrected chi connectivity index (χ3v) is 2.70. The van der Waals surface area contributed by atoms with Crippen molar-refractivity contribution in [2.75, 3.05) is 0 Å². The number of amides is 1. The molecule has 0 saturated carbocycles. The molecule has 0 fully saturated rings. The quantitative estimate of drug-likeness (QED) is 0.535. The average molecular weight is 305 g/mol. The Morgan fingerprint density at radius 1 is 1.18 bits per heavy atom. The molecule has 112 valence electrons. The molecule has 0 aliphatic heterocycles. The molecule has 0 aromatic heterocycles. The summed E-state index contributed by atoms with van der Waals surface area (Å²) in [5, 5.41) is 14.3. The second-order valence-corrected chi connectivity index (χ2v) is 4.12. The van der Waals surface area contributed by atoms with Crippen LogP contribution in [0.5, 0.6) is 0 Å². The first kappa shape index (κ1) is 15.2. The maximum absolute atomic E-state index is 13.4. The van der Waals surface area contributed by atoms with Crippen molar-refractivity contribution in [3.05, 3.63) is 75.3 Å². The van der Waals surface area contributed by atoms with E-state index in [0.29, 0.717) is 0 Å². The summed E-state index contributed by atoms with van der Waals surface area (Å²) in [6.45, 7) is 0. The van der Waals surface area contributed by atoms with Gasteiger partial charge in [-0.1, -0.05) is 24.3 Å². The van der Waals surface area contributed by atoms with Crippen LogP contribution in [0.2, 0.25) is 0 Å². The fourth-order valence-electron chi connectivity index (χ4n) is 1.67. The van der Waals surface area contributed by atoms with Gasteiger partial charge in [-0.2, -0.15) is 5.10 Å². The summed E-state index contributed by atoms with van der Waals surface area (Å²) in [6, 6.07) is 8.79. The van der Waals surface area contributed by atoms with E-state index in [1.807, 2.05) is 5.43 Å². The van der Waals surface area contributed by atoms with Gasteiger partial charge in [-0.3, -0.25) is 14.9 Å². The molecule has 2 aromatic carbocycles. The first-order valence-electron chi connectivity index (χ1n) is 6.01. The summed E-state index contributed by atoms with van der Waals surface area (Å²) in [7, 11) is 0. The third-order valence-electron chi connectivity index (χ3n) is 2.70. The number of nitrogens with one attached hydrogen (secondary N) is 1. The molecule has 0 heterocycles. The Hall–Kier alpha value is -3.16. The number of para-hydroxylation sites is 1. The Bertz CT molecular complexity index is 763. The summed E-state index contributed by atoms with van der Waals surface area (Å²) in [6.07, 6.45) is 0.908. The Kier molecular flexibility index (Phi) is 4.52. The Morgan fingerprint density at radius 2 is 1.91 bits per heavy atom. The number of nitro benzene ring substituents is 1. The molecular weight excluding hydrogens is 296 g/mol. The summed E-state index contributed by atoms with van der Waals surface area (Å²) in [5.74, 6) is -2.99. The van der Waals surface area contributed by atoms with E-state index in [2.05, 4.69) is 5.10 Å². The van der Waals surface area contributed by atoms with Gasteiger partial charge in [0.2, 0.25) is 0 Å². The first-order valence-corrected chi connectivity index (χ1v) is 6.01. The van der Waals surface area contributed by atoms with Crippen molar-refractivity contribution in [2.45, 2.75) is 0 Å². The monoisotopic (exact) mass is 305 g/mol. The number of hydrazone groups is 1. The fraction of sp³-hybridized carbons (Fsp3) is 0. The second-order valence-electron chi connectivity index (χ2n) is 4.12. The van der Waals surface area contributed by atoms with E-state index in [4.69, 9.17) is 0 Å². The second kappa shape index (κ2) is 6.53. The van der Waals surface area contributed by atoms with Crippen molar-refractivity contribution in [1.82, 2.24) is 5.43 Å². The zero-order valence-corrected chi connectivity index (χ0v) is 11.0. The van der Waals surface area contributed by atoms with Crippen molar-refractivity contribution in [2.24, 2.45) is 5.10 Å². The van der Waals surface area contributed by atoms with Crippen molar-refractivity contribution < 1.29 is 18.5 Å². The molecule has 1 N–H and O–H groups in total. The lowest BCUT2D eigenvalue weighted by Crippen LogP contribution is -2.19. The van der Waals surface area contributed by atoms with Gasteiger partial charge in [0, 0.05) is 11.6 Å². The van der Waals surface area contributed by atoms with E-state index in [0.717, 1.165) is 12.3 Å². The lowest BCUT2D eigenvalue weighted by molar-refractivity contribution is -0.385. The number of rotatable bonds is 4. The molecule has 0 radical (unpaired) electrons. The van der Waals surface area contributed by atoms with Gasteiger partial charge in [-0.15, -0.1) is 0 Å². The molecule has 2 rings (SSSR count). The number of benzene rings is 2. The SMILES string of the molecule is O=C(NN=Cc1cccc(F)c1F)c1ccccc1[N+](=O)[O-]. The van der Waals surface area contributed by atoms with E-state index in [1.54, 1.807) is 0 Å². The largest absolute Gasteiger partial charge is 0.282 e. The molecule has 0 aliphatic carbocycles. The molecule has 0 saturated heterocycles. The summed E-state index contributed by atoms with van der Waals surface area (Å²) in [5.41, 5.74) is 1.29. The van der Waals surface area contributed by atoms with E-state index in [-0.39, 0.29) is 16.8 Å². The van der Waals surface area contributed by atoms with E-state index < -0.39 is 22.5 Å². The van der Waals surface area contributed by atoms with E-state index in [9.17, 15) is 23.7 Å². The number of nitrogens with zero attached hydrogens (tertiary/aromatic N) is 2. The molecule has 0 spiro atoms. The summed E-state index contributed by atoms with van der Waals surface area (Å²) < 4.78 is 26.3. The third kappa shape index (κ3) is 3.29. The Morgan fingerprint density at radius 3 is 2.64 bits per heavy atom. The maximum Gasteiger partial charge on any atom is 0.282 e. The van der Waals surface area contributed by atoms with Gasteiger partial charge in [0.15, 0.2) is 11.6 Å². The minimum Gasteiger partial charge on any atom is -0.267 e. The van der Waals surface area contributed by atoms with Crippen LogP contribution in [0.25, 0.3) is 0 Å². The minimum atomic E-state index is -1.11. The van der Waals surface area contributed by atoms with Crippen LogP contribution in [0.4, 0.5) is 14.5 Å². The zero-order chi connectivity index (χ0) is 16.1. The maximum atomic E-state index is 13.4. The van der Waals surface area contributed by atoms with Gasteiger partial charge >= 0.3 is 0 Å². The van der Waals surface area contributed by atoms with Crippen LogP contribution in [0.1, 0.15) is 15.9 Å². The molecule has 0 bridgehead atoms. The van der Waals surface area contributed by atoms with Crippen molar-refractivity contribution >= 4 is 17.8 Å². The van der Waals surface area contributed by atoms with Crippen LogP contribution in [0.3, 0.4) is 0 Å². The highest BCUT2D eigenvalue weighted by Crippen LogP contribution is 2.17. The molecule has 0 aliphatic rings. The van der Waals surface area contributed by atoms with Crippen LogP contribution < -0.4 is 5.43 Å². The number of halogens is 2. The van der Waals surface area contributed by atoms with E-state index >= 15 is 0 Å². The summed E-state index contributed by atoms with van der Waals surface area (Å²) >= 11 is 0. The van der Waals surface area contributed by atoms with Crippen LogP contribution >= 0.6 is 0 Å². The fourth-order valence-corrected chi connectivity index (χ4v) is 1.67. The highest BCUT2D eigenvalue weighted by Gasteiger charge is 2.18. The molecule has 2 aromatic rings. The molecule has 8 heteroatoms. The molecule has 0 atom stereocenters. The van der Waals surface area contributed by atoms with Gasteiger partial charge < -0.3 is 0 Å². The Balaban J connectivity index is 2.15. The van der Waals surface area contributed by atoms with Crippen molar-refractivity contribution in [3.63, 3.8) is 0 Å². The average Bonchev–Trinajstić information content (AvgIpc) is 2.51. The highest BCUT2D eigenvalue weighted by atomic mass is 19.2. The number of hydrogen-bond donors (Lipinski definition) is 1. The van der Waals surface area contributed by atoms with Crippen molar-refractivity contribution in [1.29, 1.82) is 0 Å². The molecular formula is C14H9F2N3O3. The molecule has 22 heavy (non-hydrogen) atoms. The number of hydrogen-bond acceptors (Lipinski definition) is 4. The van der Waals surface area contributed by atoms with Gasteiger partial charge in [-0.05, 0) is 12.1 Å². The van der Waals surface area contributed by atoms with E-state index in [1.165, 1.54) is 36.4 Å². The predicted molar refractivity (Wildman–Crippen MR) is 74.5 cm³/mol. The van der Waals surface area contributed by atoms with Gasteiger partial charge in [-0.25, -0.2) is 14.2 Å². The van der Waals surface area contributed by atoms with Crippen molar-refractivity contribution in [3.8, 4) is 0 Å². The number of carbonyl (C=O) groups is 1. The molecule has 0 unspecified atom stereocenters. The minimum absolute atomic E-state index is 0.164. The van der Waals surface area contributed by atoms with Gasteiger partial charge in [0.05, 0.1) is 11.1 Å². The standard InChI is InChI=1S/C14H9F2N3O3/c15-11-6-3-4-9(13(11)16)8-17-18-14(20)10-5-1-2-7-12(10)19(21)22/h1-8H,(H,18,20). The zero-order valence-electron chi connectivity index (χ0n) is 11.0. The highest BCUT2D eigenvalue weighted by molar-refractivity contribution is 5.98. The molecule has 6 nitrogen and oxygen atoms in total. The smallest absolute Gasteiger partial charge is 0.267 e. The lowest BCUT2D eigenvalue weighted by Gasteiger charge is -2.01. The van der Waals surface area contributed by atoms with Crippen LogP contribution in [-0.2, 0) is 0 Å². The topological polar surface area (TPSA) is 84.6 Å². The van der Waals surface area contributed by atoms with Crippen LogP contribution in [-0.4, -0.2) is 17.0 Å². The number of carbonyl (C=O) groups excluding carboxylic acids is 1. The van der Waals surface area contributed by atoms with Gasteiger partial charge in [0.25, 0.3) is 11.6 Å². The first-order chi connectivity index (χ1) is 10.5. The molecule has 1 amide bonds. The number of nitro groups is 1.